The predicted molar refractivity (Wildman–Crippen MR) is 122 cm³/mol. The second-order valence-electron chi connectivity index (χ2n) is 7.93. The molecule has 1 aromatic heterocycles. The number of halogens is 3. The first kappa shape index (κ1) is 22.5. The van der Waals surface area contributed by atoms with Gasteiger partial charge in [-0.15, -0.1) is 0 Å². The Bertz CT molecular complexity index is 1250. The van der Waals surface area contributed by atoms with Crippen LogP contribution >= 0.6 is 0 Å². The van der Waals surface area contributed by atoms with E-state index in [-0.39, 0.29) is 11.7 Å². The highest BCUT2D eigenvalue weighted by molar-refractivity contribution is 6.01. The predicted octanol–water partition coefficient (Wildman–Crippen LogP) is 7.81. The average molecular weight is 449 g/mol. The second kappa shape index (κ2) is 9.45. The molecule has 1 heterocycles. The number of nitrogens with zero attached hydrogens (tertiary/aromatic N) is 1. The minimum Gasteiger partial charge on any atom is -0.457 e. The van der Waals surface area contributed by atoms with Crippen LogP contribution in [0.2, 0.25) is 0 Å². The van der Waals surface area contributed by atoms with Crippen LogP contribution < -0.4 is 4.74 Å². The van der Waals surface area contributed by atoms with E-state index in [0.717, 1.165) is 28.6 Å². The molecular formula is C27H22F3NO2. The first-order chi connectivity index (χ1) is 15.8. The molecule has 4 rings (SSSR count). The van der Waals surface area contributed by atoms with Gasteiger partial charge in [-0.3, -0.25) is 9.78 Å². The Morgan fingerprint density at radius 2 is 1.76 bits per heavy atom. The highest BCUT2D eigenvalue weighted by Gasteiger charge is 2.30. The lowest BCUT2D eigenvalue weighted by atomic mass is 9.96. The summed E-state index contributed by atoms with van der Waals surface area (Å²) in [6.45, 7) is 2.06. The van der Waals surface area contributed by atoms with Crippen LogP contribution in [0.25, 0.3) is 10.8 Å². The zero-order valence-corrected chi connectivity index (χ0v) is 18.0. The number of carbonyl (C=O) groups excluding carboxylic acids is 1. The van der Waals surface area contributed by atoms with E-state index < -0.39 is 11.7 Å². The Labute approximate surface area is 189 Å². The van der Waals surface area contributed by atoms with Crippen molar-refractivity contribution in [2.45, 2.75) is 31.9 Å². The number of hydrogen-bond acceptors (Lipinski definition) is 3. The Kier molecular flexibility index (Phi) is 6.45. The summed E-state index contributed by atoms with van der Waals surface area (Å²) in [6, 6.07) is 21.1. The zero-order chi connectivity index (χ0) is 23.4. The van der Waals surface area contributed by atoms with Gasteiger partial charge in [-0.2, -0.15) is 13.2 Å². The highest BCUT2D eigenvalue weighted by Crippen LogP contribution is 2.34. The van der Waals surface area contributed by atoms with Crippen LogP contribution in [0, 0.1) is 0 Å². The molecule has 1 atom stereocenters. The molecule has 0 radical (unpaired) electrons. The fourth-order valence-corrected chi connectivity index (χ4v) is 3.66. The van der Waals surface area contributed by atoms with Gasteiger partial charge in [0, 0.05) is 29.3 Å². The monoisotopic (exact) mass is 449 g/mol. The van der Waals surface area contributed by atoms with Crippen molar-refractivity contribution in [1.29, 1.82) is 0 Å². The molecule has 4 aromatic rings. The topological polar surface area (TPSA) is 39.2 Å². The number of fused-ring (bicyclic) bond motifs is 1. The van der Waals surface area contributed by atoms with Gasteiger partial charge in [0.2, 0.25) is 0 Å². The summed E-state index contributed by atoms with van der Waals surface area (Å²) in [7, 11) is 0. The SMILES string of the molecule is C[C@@H](CCC(=O)c1ccc2c(Oc3ccc(C(F)(F)F)cc3)cccc2c1)c1ccccn1. The molecule has 0 spiro atoms. The molecule has 0 saturated carbocycles. The van der Waals surface area contributed by atoms with Gasteiger partial charge in [-0.05, 0) is 72.3 Å². The summed E-state index contributed by atoms with van der Waals surface area (Å²) < 4.78 is 44.1. The van der Waals surface area contributed by atoms with Gasteiger partial charge in [-0.1, -0.05) is 31.2 Å². The number of carbonyl (C=O) groups is 1. The number of rotatable bonds is 7. The van der Waals surface area contributed by atoms with Crippen molar-refractivity contribution in [3.63, 3.8) is 0 Å². The summed E-state index contributed by atoms with van der Waals surface area (Å²) >= 11 is 0. The van der Waals surface area contributed by atoms with Gasteiger partial charge < -0.3 is 4.74 Å². The average Bonchev–Trinajstić information content (AvgIpc) is 2.82. The van der Waals surface area contributed by atoms with Crippen molar-refractivity contribution in [1.82, 2.24) is 4.98 Å². The number of Topliss-reactive ketones (excluding diaryl/α,β-unsaturated/α-hetero) is 1. The van der Waals surface area contributed by atoms with Crippen molar-refractivity contribution >= 4 is 16.6 Å². The van der Waals surface area contributed by atoms with Crippen LogP contribution in [0.1, 0.15) is 47.3 Å². The third-order valence-electron chi connectivity index (χ3n) is 5.57. The molecule has 0 unspecified atom stereocenters. The fraction of sp³-hybridized carbons (Fsp3) is 0.185. The smallest absolute Gasteiger partial charge is 0.416 e. The fourth-order valence-electron chi connectivity index (χ4n) is 3.66. The molecule has 33 heavy (non-hydrogen) atoms. The molecule has 0 saturated heterocycles. The van der Waals surface area contributed by atoms with Crippen LogP contribution in [0.3, 0.4) is 0 Å². The lowest BCUT2D eigenvalue weighted by molar-refractivity contribution is -0.137. The first-order valence-corrected chi connectivity index (χ1v) is 10.6. The van der Waals surface area contributed by atoms with Crippen molar-refractivity contribution in [2.24, 2.45) is 0 Å². The maximum absolute atomic E-state index is 12.8. The van der Waals surface area contributed by atoms with Gasteiger partial charge >= 0.3 is 6.18 Å². The van der Waals surface area contributed by atoms with Crippen molar-refractivity contribution < 1.29 is 22.7 Å². The Balaban J connectivity index is 1.48. The third-order valence-corrected chi connectivity index (χ3v) is 5.57. The number of alkyl halides is 3. The summed E-state index contributed by atoms with van der Waals surface area (Å²) in [6.07, 6.45) is -1.53. The molecule has 6 heteroatoms. The number of ketones is 1. The summed E-state index contributed by atoms with van der Waals surface area (Å²) in [5.74, 6) is 1.04. The van der Waals surface area contributed by atoms with Gasteiger partial charge in [0.25, 0.3) is 0 Å². The molecule has 0 bridgehead atoms. The van der Waals surface area contributed by atoms with E-state index in [1.165, 1.54) is 12.1 Å². The van der Waals surface area contributed by atoms with E-state index in [1.807, 2.05) is 36.4 Å². The number of pyridine rings is 1. The maximum atomic E-state index is 12.8. The molecule has 0 aliphatic heterocycles. The lowest BCUT2D eigenvalue weighted by Gasteiger charge is -2.12. The molecule has 0 aliphatic carbocycles. The van der Waals surface area contributed by atoms with Crippen LogP contribution in [-0.2, 0) is 6.18 Å². The zero-order valence-electron chi connectivity index (χ0n) is 18.0. The standard InChI is InChI=1S/C27H22F3NO2/c1-18(24-6-2-3-16-31-24)8-15-25(32)20-9-14-23-19(17-20)5-4-7-26(23)33-22-12-10-21(11-13-22)27(28,29)30/h2-7,9-14,16-18H,8,15H2,1H3/t18-/m0/s1. The second-order valence-corrected chi connectivity index (χ2v) is 7.93. The largest absolute Gasteiger partial charge is 0.457 e. The molecule has 0 N–H and O–H groups in total. The summed E-state index contributed by atoms with van der Waals surface area (Å²) in [4.78, 5) is 17.1. The molecule has 3 nitrogen and oxygen atoms in total. The van der Waals surface area contributed by atoms with E-state index in [2.05, 4.69) is 11.9 Å². The number of ether oxygens (including phenoxy) is 1. The highest BCUT2D eigenvalue weighted by atomic mass is 19.4. The van der Waals surface area contributed by atoms with Crippen molar-refractivity contribution in [3.8, 4) is 11.5 Å². The van der Waals surface area contributed by atoms with Gasteiger partial charge in [0.05, 0.1) is 5.56 Å². The molecule has 0 aliphatic rings. The molecule has 3 aromatic carbocycles. The normalized spacial score (nSPS) is 12.5. The van der Waals surface area contributed by atoms with Crippen molar-refractivity contribution in [3.05, 3.63) is 102 Å². The number of aromatic nitrogens is 1. The Morgan fingerprint density at radius 3 is 2.45 bits per heavy atom. The minimum absolute atomic E-state index is 0.0498. The van der Waals surface area contributed by atoms with E-state index in [1.54, 1.807) is 24.4 Å². The Morgan fingerprint density at radius 1 is 0.970 bits per heavy atom. The van der Waals surface area contributed by atoms with Crippen molar-refractivity contribution in [2.75, 3.05) is 0 Å². The number of hydrogen-bond donors (Lipinski definition) is 0. The quantitative estimate of drug-likeness (QED) is 0.270. The molecule has 0 fully saturated rings. The first-order valence-electron chi connectivity index (χ1n) is 10.6. The van der Waals surface area contributed by atoms with E-state index >= 15 is 0 Å². The van der Waals surface area contributed by atoms with Gasteiger partial charge in [0.1, 0.15) is 11.5 Å². The van der Waals surface area contributed by atoms with E-state index in [0.29, 0.717) is 29.9 Å². The van der Waals surface area contributed by atoms with Crippen LogP contribution in [0.4, 0.5) is 13.2 Å². The molecule has 168 valence electrons. The van der Waals surface area contributed by atoms with E-state index in [9.17, 15) is 18.0 Å². The maximum Gasteiger partial charge on any atom is 0.416 e. The Hall–Kier alpha value is -3.67. The van der Waals surface area contributed by atoms with Gasteiger partial charge in [0.15, 0.2) is 5.78 Å². The number of benzene rings is 3. The molecule has 0 amide bonds. The van der Waals surface area contributed by atoms with Crippen LogP contribution in [0.15, 0.2) is 85.1 Å². The van der Waals surface area contributed by atoms with E-state index in [4.69, 9.17) is 4.74 Å². The summed E-state index contributed by atoms with van der Waals surface area (Å²) in [5.41, 5.74) is 0.851. The molecular weight excluding hydrogens is 427 g/mol. The van der Waals surface area contributed by atoms with Gasteiger partial charge in [-0.25, -0.2) is 0 Å². The lowest BCUT2D eigenvalue weighted by Crippen LogP contribution is -2.04. The third kappa shape index (κ3) is 5.40. The minimum atomic E-state index is -4.39. The van der Waals surface area contributed by atoms with Crippen LogP contribution in [0.5, 0.6) is 11.5 Å². The summed E-state index contributed by atoms with van der Waals surface area (Å²) in [5, 5.41) is 1.60. The van der Waals surface area contributed by atoms with Crippen LogP contribution in [-0.4, -0.2) is 10.8 Å².